The number of nitrogens with one attached hydrogen (secondary N) is 1. The number of urea groups is 1. The largest absolute Gasteiger partial charge is 0.444 e. The van der Waals surface area contributed by atoms with Gasteiger partial charge in [0.25, 0.3) is 0 Å². The SMILES string of the molecule is CN(C(=O)Nc1ncc(Oc2ccccc2C(F)(F)F)s1)c1cccc(F)c1. The summed E-state index contributed by atoms with van der Waals surface area (Å²) in [6.07, 6.45) is -3.36. The van der Waals surface area contributed by atoms with E-state index in [9.17, 15) is 22.4 Å². The number of hydrogen-bond donors (Lipinski definition) is 1. The number of aromatic nitrogens is 1. The van der Waals surface area contributed by atoms with Crippen LogP contribution in [0.2, 0.25) is 0 Å². The van der Waals surface area contributed by atoms with Crippen LogP contribution < -0.4 is 15.0 Å². The Kier molecular flexibility index (Phi) is 5.50. The van der Waals surface area contributed by atoms with Gasteiger partial charge in [0.2, 0.25) is 5.06 Å². The molecule has 0 saturated heterocycles. The maximum absolute atomic E-state index is 13.3. The normalized spacial score (nSPS) is 11.2. The fraction of sp³-hybridized carbons (Fsp3) is 0.111. The van der Waals surface area contributed by atoms with E-state index >= 15 is 0 Å². The fourth-order valence-electron chi connectivity index (χ4n) is 2.24. The Morgan fingerprint density at radius 2 is 1.93 bits per heavy atom. The molecule has 0 unspecified atom stereocenters. The molecule has 0 aliphatic carbocycles. The molecule has 0 radical (unpaired) electrons. The van der Waals surface area contributed by atoms with Gasteiger partial charge in [-0.1, -0.05) is 29.5 Å². The molecule has 0 aliphatic heterocycles. The number of ether oxygens (including phenoxy) is 1. The topological polar surface area (TPSA) is 54.5 Å². The van der Waals surface area contributed by atoms with Crippen LogP contribution in [-0.2, 0) is 6.18 Å². The number of thiazole rings is 1. The van der Waals surface area contributed by atoms with Gasteiger partial charge < -0.3 is 4.74 Å². The van der Waals surface area contributed by atoms with Crippen LogP contribution in [0, 0.1) is 5.82 Å². The van der Waals surface area contributed by atoms with Gasteiger partial charge in [-0.25, -0.2) is 14.2 Å². The van der Waals surface area contributed by atoms with Crippen LogP contribution in [-0.4, -0.2) is 18.1 Å². The van der Waals surface area contributed by atoms with Gasteiger partial charge in [-0.2, -0.15) is 13.2 Å². The lowest BCUT2D eigenvalue weighted by Crippen LogP contribution is -2.31. The zero-order valence-electron chi connectivity index (χ0n) is 14.3. The van der Waals surface area contributed by atoms with Gasteiger partial charge in [0.1, 0.15) is 11.6 Å². The summed E-state index contributed by atoms with van der Waals surface area (Å²) in [6.45, 7) is 0. The molecular weight excluding hydrogens is 398 g/mol. The summed E-state index contributed by atoms with van der Waals surface area (Å²) in [5.41, 5.74) is -0.593. The number of anilines is 2. The number of amides is 2. The highest BCUT2D eigenvalue weighted by Gasteiger charge is 2.34. The van der Waals surface area contributed by atoms with Crippen molar-refractivity contribution in [1.29, 1.82) is 0 Å². The third kappa shape index (κ3) is 4.58. The first-order chi connectivity index (χ1) is 13.2. The van der Waals surface area contributed by atoms with Gasteiger partial charge in [0.15, 0.2) is 5.13 Å². The van der Waals surface area contributed by atoms with Crippen LogP contribution in [0.15, 0.2) is 54.7 Å². The number of rotatable bonds is 4. The van der Waals surface area contributed by atoms with Gasteiger partial charge >= 0.3 is 12.2 Å². The van der Waals surface area contributed by atoms with E-state index in [1.54, 1.807) is 6.07 Å². The van der Waals surface area contributed by atoms with E-state index < -0.39 is 23.6 Å². The number of hydrogen-bond acceptors (Lipinski definition) is 4. The maximum Gasteiger partial charge on any atom is 0.419 e. The standard InChI is InChI=1S/C18H13F4N3O2S/c1-25(12-6-4-5-11(19)9-12)17(26)24-16-23-10-15(28-16)27-14-8-3-2-7-13(14)18(20,21)22/h2-10H,1H3,(H,23,24,26). The Balaban J connectivity index is 1.71. The lowest BCUT2D eigenvalue weighted by atomic mass is 10.2. The van der Waals surface area contributed by atoms with Gasteiger partial charge in [0.05, 0.1) is 11.8 Å². The molecule has 1 N–H and O–H groups in total. The van der Waals surface area contributed by atoms with Crippen LogP contribution in [0.25, 0.3) is 0 Å². The number of nitrogens with zero attached hydrogens (tertiary/aromatic N) is 2. The van der Waals surface area contributed by atoms with Gasteiger partial charge in [0, 0.05) is 12.7 Å². The molecule has 0 atom stereocenters. The maximum atomic E-state index is 13.3. The number of para-hydroxylation sites is 1. The summed E-state index contributed by atoms with van der Waals surface area (Å²) in [5.74, 6) is -0.862. The second-order valence-corrected chi connectivity index (χ2v) is 6.54. The van der Waals surface area contributed by atoms with Crippen LogP contribution >= 0.6 is 11.3 Å². The molecule has 146 valence electrons. The van der Waals surface area contributed by atoms with Crippen molar-refractivity contribution in [1.82, 2.24) is 4.98 Å². The molecule has 0 saturated carbocycles. The fourth-order valence-corrected chi connectivity index (χ4v) is 2.91. The summed E-state index contributed by atoms with van der Waals surface area (Å²) >= 11 is 0.858. The van der Waals surface area contributed by atoms with E-state index in [1.807, 2.05) is 0 Å². The molecule has 1 heterocycles. The summed E-state index contributed by atoms with van der Waals surface area (Å²) in [5, 5.41) is 2.67. The molecule has 2 aromatic carbocycles. The van der Waals surface area contributed by atoms with E-state index in [-0.39, 0.29) is 15.9 Å². The number of carbonyl (C=O) groups is 1. The monoisotopic (exact) mass is 411 g/mol. The molecule has 0 fully saturated rings. The average Bonchev–Trinajstić information content (AvgIpc) is 3.07. The van der Waals surface area contributed by atoms with Crippen molar-refractivity contribution in [3.63, 3.8) is 0 Å². The summed E-state index contributed by atoms with van der Waals surface area (Å²) in [7, 11) is 1.44. The molecule has 28 heavy (non-hydrogen) atoms. The van der Waals surface area contributed by atoms with E-state index in [2.05, 4.69) is 10.3 Å². The van der Waals surface area contributed by atoms with E-state index in [0.29, 0.717) is 5.69 Å². The Morgan fingerprint density at radius 3 is 2.64 bits per heavy atom. The minimum Gasteiger partial charge on any atom is -0.444 e. The van der Waals surface area contributed by atoms with Gasteiger partial charge in [-0.3, -0.25) is 10.2 Å². The highest BCUT2D eigenvalue weighted by Crippen LogP contribution is 2.39. The van der Waals surface area contributed by atoms with Crippen molar-refractivity contribution in [2.75, 3.05) is 17.3 Å². The summed E-state index contributed by atoms with van der Waals surface area (Å²) in [6, 6.07) is 9.63. The number of carbonyl (C=O) groups excluding carboxylic acids is 1. The minimum absolute atomic E-state index is 0.0698. The highest BCUT2D eigenvalue weighted by atomic mass is 32.1. The van der Waals surface area contributed by atoms with E-state index in [4.69, 9.17) is 4.74 Å². The number of halogens is 4. The molecule has 0 aliphatic rings. The van der Waals surface area contributed by atoms with Crippen molar-refractivity contribution >= 4 is 28.2 Å². The van der Waals surface area contributed by atoms with Crippen LogP contribution in [0.4, 0.5) is 33.2 Å². The van der Waals surface area contributed by atoms with Crippen molar-refractivity contribution in [3.8, 4) is 10.8 Å². The number of benzene rings is 2. The summed E-state index contributed by atoms with van der Waals surface area (Å²) in [4.78, 5) is 17.3. The van der Waals surface area contributed by atoms with E-state index in [1.165, 1.54) is 54.5 Å². The average molecular weight is 411 g/mol. The van der Waals surface area contributed by atoms with Crippen molar-refractivity contribution < 1.29 is 27.1 Å². The molecule has 2 amide bonds. The predicted molar refractivity (Wildman–Crippen MR) is 97.5 cm³/mol. The highest BCUT2D eigenvalue weighted by molar-refractivity contribution is 7.17. The molecule has 3 aromatic rings. The first-order valence-corrected chi connectivity index (χ1v) is 8.66. The molecular formula is C18H13F4N3O2S. The van der Waals surface area contributed by atoms with Gasteiger partial charge in [-0.05, 0) is 30.3 Å². The second kappa shape index (κ2) is 7.85. The third-order valence-corrected chi connectivity index (χ3v) is 4.39. The Hall–Kier alpha value is -3.14. The zero-order chi connectivity index (χ0) is 20.3. The van der Waals surface area contributed by atoms with Gasteiger partial charge in [-0.15, -0.1) is 0 Å². The van der Waals surface area contributed by atoms with Crippen molar-refractivity contribution in [2.24, 2.45) is 0 Å². The van der Waals surface area contributed by atoms with Crippen molar-refractivity contribution in [2.45, 2.75) is 6.18 Å². The first kappa shape index (κ1) is 19.6. The summed E-state index contributed by atoms with van der Waals surface area (Å²) < 4.78 is 57.6. The number of alkyl halides is 3. The van der Waals surface area contributed by atoms with Crippen LogP contribution in [0.5, 0.6) is 10.8 Å². The second-order valence-electron chi connectivity index (χ2n) is 5.55. The Labute approximate surface area is 161 Å². The van der Waals surface area contributed by atoms with Crippen LogP contribution in [0.3, 0.4) is 0 Å². The predicted octanol–water partition coefficient (Wildman–Crippen LogP) is 5.76. The third-order valence-electron chi connectivity index (χ3n) is 3.60. The lowest BCUT2D eigenvalue weighted by molar-refractivity contribution is -0.138. The smallest absolute Gasteiger partial charge is 0.419 e. The molecule has 3 rings (SSSR count). The van der Waals surface area contributed by atoms with E-state index in [0.717, 1.165) is 17.4 Å². The Morgan fingerprint density at radius 1 is 1.18 bits per heavy atom. The zero-order valence-corrected chi connectivity index (χ0v) is 15.1. The quantitative estimate of drug-likeness (QED) is 0.555. The molecule has 0 spiro atoms. The van der Waals surface area contributed by atoms with Crippen LogP contribution in [0.1, 0.15) is 5.56 Å². The Bertz CT molecular complexity index is 991. The molecule has 10 heteroatoms. The first-order valence-electron chi connectivity index (χ1n) is 7.84. The lowest BCUT2D eigenvalue weighted by Gasteiger charge is -2.17. The van der Waals surface area contributed by atoms with Crippen molar-refractivity contribution in [3.05, 3.63) is 66.1 Å². The molecule has 0 bridgehead atoms. The molecule has 1 aromatic heterocycles. The minimum atomic E-state index is -4.56. The molecule has 5 nitrogen and oxygen atoms in total.